The number of pyridine rings is 1. The van der Waals surface area contributed by atoms with Crippen LogP contribution in [0.5, 0.6) is 0 Å². The minimum atomic E-state index is -4.43. The number of hydrogen-bond acceptors (Lipinski definition) is 5. The summed E-state index contributed by atoms with van der Waals surface area (Å²) in [6, 6.07) is 11.3. The van der Waals surface area contributed by atoms with E-state index in [-0.39, 0.29) is 25.1 Å². The zero-order valence-electron chi connectivity index (χ0n) is 16.0. The summed E-state index contributed by atoms with van der Waals surface area (Å²) in [5.41, 5.74) is 0.0283. The lowest BCUT2D eigenvalue weighted by Crippen LogP contribution is -2.43. The molecule has 10 heteroatoms. The number of anilines is 1. The lowest BCUT2D eigenvalue weighted by atomic mass is 10.2. The van der Waals surface area contributed by atoms with Gasteiger partial charge in [-0.25, -0.2) is 9.78 Å². The fourth-order valence-electron chi connectivity index (χ4n) is 3.03. The molecule has 1 atom stereocenters. The van der Waals surface area contributed by atoms with E-state index in [4.69, 9.17) is 4.74 Å². The topological polar surface area (TPSA) is 83.6 Å². The molecule has 1 fully saturated rings. The van der Waals surface area contributed by atoms with Gasteiger partial charge in [-0.2, -0.15) is 13.2 Å². The molecule has 1 aliphatic heterocycles. The summed E-state index contributed by atoms with van der Waals surface area (Å²) in [5, 5.41) is 5.17. The zero-order valence-corrected chi connectivity index (χ0v) is 16.0. The Kier molecular flexibility index (Phi) is 6.76. The Balaban J connectivity index is 1.38. The lowest BCUT2D eigenvalue weighted by Gasteiger charge is -2.18. The van der Waals surface area contributed by atoms with Crippen molar-refractivity contribution in [2.75, 3.05) is 24.5 Å². The summed E-state index contributed by atoms with van der Waals surface area (Å²) in [7, 11) is 0. The number of amides is 2. The second kappa shape index (κ2) is 9.47. The Morgan fingerprint density at radius 1 is 1.17 bits per heavy atom. The third-order valence-corrected chi connectivity index (χ3v) is 4.56. The predicted octanol–water partition coefficient (Wildman–Crippen LogP) is 2.72. The maximum absolute atomic E-state index is 12.6. The normalized spacial score (nSPS) is 16.2. The number of ether oxygens (including phenoxy) is 1. The lowest BCUT2D eigenvalue weighted by molar-refractivity contribution is -0.137. The van der Waals surface area contributed by atoms with E-state index in [1.54, 1.807) is 4.90 Å². The van der Waals surface area contributed by atoms with E-state index in [9.17, 15) is 22.8 Å². The van der Waals surface area contributed by atoms with Gasteiger partial charge in [0.1, 0.15) is 19.0 Å². The number of halogens is 3. The van der Waals surface area contributed by atoms with Crippen LogP contribution in [0.25, 0.3) is 0 Å². The summed E-state index contributed by atoms with van der Waals surface area (Å²) in [4.78, 5) is 29.4. The second-order valence-corrected chi connectivity index (χ2v) is 6.82. The van der Waals surface area contributed by atoms with Gasteiger partial charge in [-0.3, -0.25) is 4.79 Å². The van der Waals surface area contributed by atoms with Crippen molar-refractivity contribution in [3.05, 3.63) is 59.8 Å². The molecule has 2 N–H and O–H groups in total. The molecule has 0 bridgehead atoms. The average molecular weight is 422 g/mol. The number of benzene rings is 1. The molecule has 1 saturated heterocycles. The Labute approximate surface area is 171 Å². The van der Waals surface area contributed by atoms with Gasteiger partial charge < -0.3 is 20.3 Å². The minimum Gasteiger partial charge on any atom is -0.445 e. The Hall–Kier alpha value is -3.30. The molecule has 2 amide bonds. The Bertz CT molecular complexity index is 860. The number of nitrogens with zero attached hydrogens (tertiary/aromatic N) is 2. The Morgan fingerprint density at radius 3 is 2.60 bits per heavy atom. The fraction of sp³-hybridized carbons (Fsp3) is 0.350. The number of carbonyl (C=O) groups excluding carboxylic acids is 2. The molecule has 1 aromatic heterocycles. The first-order valence-electron chi connectivity index (χ1n) is 9.33. The van der Waals surface area contributed by atoms with Crippen molar-refractivity contribution in [2.45, 2.75) is 25.2 Å². The summed E-state index contributed by atoms with van der Waals surface area (Å²) in [5.74, 6) is 0.0428. The van der Waals surface area contributed by atoms with Crippen LogP contribution in [0.1, 0.15) is 17.5 Å². The van der Waals surface area contributed by atoms with Crippen LogP contribution in [0.3, 0.4) is 0 Å². The number of alkyl halides is 3. The largest absolute Gasteiger partial charge is 0.445 e. The van der Waals surface area contributed by atoms with Gasteiger partial charge >= 0.3 is 12.3 Å². The van der Waals surface area contributed by atoms with Crippen LogP contribution in [0.4, 0.5) is 23.8 Å². The number of hydrogen-bond donors (Lipinski definition) is 2. The summed E-state index contributed by atoms with van der Waals surface area (Å²) >= 11 is 0. The van der Waals surface area contributed by atoms with Gasteiger partial charge in [0.15, 0.2) is 0 Å². The van der Waals surface area contributed by atoms with E-state index in [1.807, 2.05) is 30.3 Å². The molecule has 1 aromatic carbocycles. The van der Waals surface area contributed by atoms with Crippen LogP contribution in [-0.2, 0) is 22.3 Å². The van der Waals surface area contributed by atoms with Gasteiger partial charge in [0.2, 0.25) is 5.91 Å². The van der Waals surface area contributed by atoms with Crippen LogP contribution in [0.15, 0.2) is 48.7 Å². The van der Waals surface area contributed by atoms with Crippen molar-refractivity contribution in [3.63, 3.8) is 0 Å². The van der Waals surface area contributed by atoms with Gasteiger partial charge in [-0.15, -0.1) is 0 Å². The van der Waals surface area contributed by atoms with Crippen molar-refractivity contribution in [2.24, 2.45) is 0 Å². The Morgan fingerprint density at radius 2 is 1.93 bits per heavy atom. The quantitative estimate of drug-likeness (QED) is 0.748. The zero-order chi connectivity index (χ0) is 21.6. The summed E-state index contributed by atoms with van der Waals surface area (Å²) < 4.78 is 42.9. The first kappa shape index (κ1) is 21.4. The molecule has 0 unspecified atom stereocenters. The highest BCUT2D eigenvalue weighted by molar-refractivity contribution is 5.82. The van der Waals surface area contributed by atoms with E-state index >= 15 is 0 Å². The van der Waals surface area contributed by atoms with Crippen LogP contribution >= 0.6 is 0 Å². The molecular formula is C20H21F3N4O3. The highest BCUT2D eigenvalue weighted by Gasteiger charge is 2.31. The van der Waals surface area contributed by atoms with Crippen LogP contribution in [0.2, 0.25) is 0 Å². The third-order valence-electron chi connectivity index (χ3n) is 4.56. The highest BCUT2D eigenvalue weighted by atomic mass is 19.4. The molecule has 30 heavy (non-hydrogen) atoms. The van der Waals surface area contributed by atoms with Gasteiger partial charge in [-0.05, 0) is 24.1 Å². The number of carbonyl (C=O) groups is 2. The van der Waals surface area contributed by atoms with E-state index in [2.05, 4.69) is 15.6 Å². The molecule has 3 rings (SSSR count). The molecule has 2 heterocycles. The molecule has 7 nitrogen and oxygen atoms in total. The molecule has 0 saturated carbocycles. The second-order valence-electron chi connectivity index (χ2n) is 6.82. The van der Waals surface area contributed by atoms with Crippen LogP contribution in [0, 0.1) is 0 Å². The summed E-state index contributed by atoms with van der Waals surface area (Å²) in [6.45, 7) is 0.840. The maximum atomic E-state index is 12.6. The predicted molar refractivity (Wildman–Crippen MR) is 103 cm³/mol. The van der Waals surface area contributed by atoms with E-state index < -0.39 is 17.8 Å². The number of alkyl carbamates (subject to hydrolysis) is 1. The van der Waals surface area contributed by atoms with Crippen LogP contribution < -0.4 is 15.5 Å². The third kappa shape index (κ3) is 6.10. The molecule has 0 spiro atoms. The van der Waals surface area contributed by atoms with Gasteiger partial charge in [0.25, 0.3) is 0 Å². The molecule has 160 valence electrons. The van der Waals surface area contributed by atoms with E-state index in [0.29, 0.717) is 25.3 Å². The minimum absolute atomic E-state index is 0.103. The molecule has 2 aromatic rings. The first-order valence-corrected chi connectivity index (χ1v) is 9.33. The molecular weight excluding hydrogens is 401 g/mol. The molecule has 0 aliphatic carbocycles. The molecule has 1 aliphatic rings. The van der Waals surface area contributed by atoms with Crippen molar-refractivity contribution < 1.29 is 27.5 Å². The van der Waals surface area contributed by atoms with Gasteiger partial charge in [0, 0.05) is 25.3 Å². The molecule has 0 radical (unpaired) electrons. The van der Waals surface area contributed by atoms with Crippen molar-refractivity contribution in [1.29, 1.82) is 0 Å². The SMILES string of the molecule is O=C(CNC(=O)OCc1ccccc1)N[C@@H]1CCN(c2ccc(C(F)(F)F)cn2)C1. The van der Waals surface area contributed by atoms with Crippen molar-refractivity contribution in [1.82, 2.24) is 15.6 Å². The van der Waals surface area contributed by atoms with Gasteiger partial charge in [-0.1, -0.05) is 30.3 Å². The highest BCUT2D eigenvalue weighted by Crippen LogP contribution is 2.29. The number of nitrogens with one attached hydrogen (secondary N) is 2. The standard InChI is InChI=1S/C20H21F3N4O3/c21-20(22,23)15-6-7-17(24-10-15)27-9-8-16(12-27)26-18(28)11-25-19(29)30-13-14-4-2-1-3-5-14/h1-7,10,16H,8-9,11-13H2,(H,25,29)(H,26,28)/t16-/m1/s1. The summed E-state index contributed by atoms with van der Waals surface area (Å²) in [6.07, 6.45) is -3.71. The number of rotatable bonds is 6. The van der Waals surface area contributed by atoms with E-state index in [1.165, 1.54) is 6.07 Å². The van der Waals surface area contributed by atoms with Crippen LogP contribution in [-0.4, -0.2) is 42.7 Å². The van der Waals surface area contributed by atoms with Crippen molar-refractivity contribution in [3.8, 4) is 0 Å². The van der Waals surface area contributed by atoms with Crippen molar-refractivity contribution >= 4 is 17.8 Å². The average Bonchev–Trinajstić information content (AvgIpc) is 3.19. The number of aromatic nitrogens is 1. The van der Waals surface area contributed by atoms with E-state index in [0.717, 1.165) is 17.8 Å². The van der Waals surface area contributed by atoms with Gasteiger partial charge in [0.05, 0.1) is 5.56 Å². The smallest absolute Gasteiger partial charge is 0.417 e. The maximum Gasteiger partial charge on any atom is 0.417 e. The monoisotopic (exact) mass is 422 g/mol. The fourth-order valence-corrected chi connectivity index (χ4v) is 3.03. The first-order chi connectivity index (χ1) is 14.3.